The molecule has 0 aliphatic carbocycles. The Kier molecular flexibility index (Phi) is 2.74. The van der Waals surface area contributed by atoms with Gasteiger partial charge in [0.1, 0.15) is 5.82 Å². The summed E-state index contributed by atoms with van der Waals surface area (Å²) >= 11 is 0. The summed E-state index contributed by atoms with van der Waals surface area (Å²) in [5.41, 5.74) is 2.15. The SMILES string of the molecule is O=C1CC=C(c2ccc(F)cc2)[C@@H]2CC=CCN12. The Morgan fingerprint density at radius 3 is 2.72 bits per heavy atom. The number of amides is 1. The Morgan fingerprint density at radius 2 is 1.94 bits per heavy atom. The van der Waals surface area contributed by atoms with Crippen LogP contribution in [0.1, 0.15) is 18.4 Å². The van der Waals surface area contributed by atoms with E-state index in [0.29, 0.717) is 13.0 Å². The molecule has 2 aliphatic rings. The fourth-order valence-corrected chi connectivity index (χ4v) is 2.64. The Labute approximate surface area is 105 Å². The fourth-order valence-electron chi connectivity index (χ4n) is 2.64. The molecule has 92 valence electrons. The molecule has 0 saturated carbocycles. The third-order valence-electron chi connectivity index (χ3n) is 3.56. The molecule has 1 amide bonds. The summed E-state index contributed by atoms with van der Waals surface area (Å²) in [7, 11) is 0. The van der Waals surface area contributed by atoms with Crippen LogP contribution in [0.3, 0.4) is 0 Å². The van der Waals surface area contributed by atoms with Crippen molar-refractivity contribution in [3.63, 3.8) is 0 Å². The minimum absolute atomic E-state index is 0.113. The highest BCUT2D eigenvalue weighted by atomic mass is 19.1. The lowest BCUT2D eigenvalue weighted by molar-refractivity contribution is -0.131. The van der Waals surface area contributed by atoms with Crippen LogP contribution in [0.2, 0.25) is 0 Å². The van der Waals surface area contributed by atoms with Gasteiger partial charge in [-0.3, -0.25) is 4.79 Å². The normalized spacial score (nSPS) is 22.7. The highest BCUT2D eigenvalue weighted by Crippen LogP contribution is 2.31. The standard InChI is InChI=1S/C15H14FNO/c16-12-6-4-11(5-7-12)13-8-9-15(18)17-10-2-1-3-14(13)17/h1-2,4-8,14H,3,9-10H2/t14-/m0/s1. The zero-order valence-electron chi connectivity index (χ0n) is 9.97. The second-order valence-corrected chi connectivity index (χ2v) is 4.64. The second-order valence-electron chi connectivity index (χ2n) is 4.64. The average molecular weight is 243 g/mol. The van der Waals surface area contributed by atoms with Gasteiger partial charge in [-0.25, -0.2) is 4.39 Å². The van der Waals surface area contributed by atoms with Crippen molar-refractivity contribution >= 4 is 11.5 Å². The molecular weight excluding hydrogens is 229 g/mol. The van der Waals surface area contributed by atoms with Crippen LogP contribution in [0.5, 0.6) is 0 Å². The van der Waals surface area contributed by atoms with Gasteiger partial charge >= 0.3 is 0 Å². The summed E-state index contributed by atoms with van der Waals surface area (Å²) in [5.74, 6) is -0.0538. The third kappa shape index (κ3) is 1.86. The summed E-state index contributed by atoms with van der Waals surface area (Å²) in [6, 6.07) is 6.62. The van der Waals surface area contributed by atoms with Gasteiger partial charge in [-0.2, -0.15) is 0 Å². The van der Waals surface area contributed by atoms with E-state index < -0.39 is 0 Å². The summed E-state index contributed by atoms with van der Waals surface area (Å²) in [5, 5.41) is 0. The van der Waals surface area contributed by atoms with Crippen molar-refractivity contribution in [1.82, 2.24) is 4.90 Å². The van der Waals surface area contributed by atoms with E-state index in [4.69, 9.17) is 0 Å². The number of carbonyl (C=O) groups is 1. The van der Waals surface area contributed by atoms with E-state index in [1.807, 2.05) is 17.1 Å². The van der Waals surface area contributed by atoms with Crippen molar-refractivity contribution in [2.75, 3.05) is 6.54 Å². The first-order chi connectivity index (χ1) is 8.75. The van der Waals surface area contributed by atoms with E-state index in [1.54, 1.807) is 12.1 Å². The predicted octanol–water partition coefficient (Wildman–Crippen LogP) is 2.77. The fraction of sp³-hybridized carbons (Fsp3) is 0.267. The predicted molar refractivity (Wildman–Crippen MR) is 68.3 cm³/mol. The molecule has 3 rings (SSSR count). The molecule has 0 N–H and O–H groups in total. The lowest BCUT2D eigenvalue weighted by Gasteiger charge is -2.37. The van der Waals surface area contributed by atoms with Gasteiger partial charge in [0.25, 0.3) is 0 Å². The van der Waals surface area contributed by atoms with Gasteiger partial charge in [-0.1, -0.05) is 30.4 Å². The van der Waals surface area contributed by atoms with Crippen LogP contribution in [-0.2, 0) is 4.79 Å². The first-order valence-corrected chi connectivity index (χ1v) is 6.16. The number of carbonyl (C=O) groups excluding carboxylic acids is 1. The van der Waals surface area contributed by atoms with Crippen LogP contribution in [0.25, 0.3) is 5.57 Å². The molecule has 1 aromatic rings. The molecule has 2 aliphatic heterocycles. The lowest BCUT2D eigenvalue weighted by atomic mass is 9.89. The summed E-state index contributed by atoms with van der Waals surface area (Å²) in [6.07, 6.45) is 7.40. The van der Waals surface area contributed by atoms with Gasteiger partial charge in [0, 0.05) is 13.0 Å². The van der Waals surface area contributed by atoms with Crippen molar-refractivity contribution in [1.29, 1.82) is 0 Å². The van der Waals surface area contributed by atoms with E-state index in [9.17, 15) is 9.18 Å². The monoisotopic (exact) mass is 243 g/mol. The average Bonchev–Trinajstić information content (AvgIpc) is 2.41. The van der Waals surface area contributed by atoms with Crippen LogP contribution in [0.15, 0.2) is 42.5 Å². The molecule has 0 unspecified atom stereocenters. The zero-order chi connectivity index (χ0) is 12.5. The van der Waals surface area contributed by atoms with Crippen molar-refractivity contribution in [3.05, 3.63) is 53.9 Å². The molecule has 0 bridgehead atoms. The first kappa shape index (κ1) is 11.2. The Hall–Kier alpha value is -1.90. The van der Waals surface area contributed by atoms with Crippen molar-refractivity contribution in [3.8, 4) is 0 Å². The van der Waals surface area contributed by atoms with E-state index in [1.165, 1.54) is 12.1 Å². The van der Waals surface area contributed by atoms with Gasteiger partial charge in [-0.05, 0) is 29.7 Å². The zero-order valence-corrected chi connectivity index (χ0v) is 9.97. The number of hydrogen-bond acceptors (Lipinski definition) is 1. The highest BCUT2D eigenvalue weighted by Gasteiger charge is 2.30. The summed E-state index contributed by atoms with van der Waals surface area (Å²) in [4.78, 5) is 13.7. The topological polar surface area (TPSA) is 20.3 Å². The van der Waals surface area contributed by atoms with Crippen molar-refractivity contribution in [2.24, 2.45) is 0 Å². The maximum Gasteiger partial charge on any atom is 0.227 e. The molecule has 0 radical (unpaired) electrons. The van der Waals surface area contributed by atoms with Gasteiger partial charge in [0.05, 0.1) is 6.04 Å². The van der Waals surface area contributed by atoms with Crippen molar-refractivity contribution < 1.29 is 9.18 Å². The van der Waals surface area contributed by atoms with Crippen LogP contribution >= 0.6 is 0 Å². The van der Waals surface area contributed by atoms with E-state index in [-0.39, 0.29) is 17.8 Å². The smallest absolute Gasteiger partial charge is 0.227 e. The first-order valence-electron chi connectivity index (χ1n) is 6.16. The lowest BCUT2D eigenvalue weighted by Crippen LogP contribution is -2.44. The van der Waals surface area contributed by atoms with E-state index in [2.05, 4.69) is 6.08 Å². The minimum Gasteiger partial charge on any atom is -0.331 e. The molecule has 1 aromatic carbocycles. The van der Waals surface area contributed by atoms with Crippen LogP contribution in [0.4, 0.5) is 4.39 Å². The Morgan fingerprint density at radius 1 is 1.17 bits per heavy atom. The van der Waals surface area contributed by atoms with Gasteiger partial charge in [-0.15, -0.1) is 0 Å². The summed E-state index contributed by atoms with van der Waals surface area (Å²) in [6.45, 7) is 0.683. The van der Waals surface area contributed by atoms with Crippen LogP contribution in [-0.4, -0.2) is 23.4 Å². The number of hydrogen-bond donors (Lipinski definition) is 0. The van der Waals surface area contributed by atoms with E-state index in [0.717, 1.165) is 17.6 Å². The molecule has 2 nitrogen and oxygen atoms in total. The number of halogens is 1. The van der Waals surface area contributed by atoms with Crippen LogP contribution < -0.4 is 0 Å². The quantitative estimate of drug-likeness (QED) is 0.694. The molecular formula is C15H14FNO. The molecule has 0 spiro atoms. The molecule has 0 saturated heterocycles. The molecule has 0 fully saturated rings. The molecule has 18 heavy (non-hydrogen) atoms. The highest BCUT2D eigenvalue weighted by molar-refractivity contribution is 5.87. The molecule has 2 heterocycles. The van der Waals surface area contributed by atoms with Crippen LogP contribution in [0, 0.1) is 5.82 Å². The maximum absolute atomic E-state index is 13.0. The maximum atomic E-state index is 13.0. The Bertz CT molecular complexity index is 530. The van der Waals surface area contributed by atoms with E-state index >= 15 is 0 Å². The molecule has 1 atom stereocenters. The van der Waals surface area contributed by atoms with Crippen molar-refractivity contribution in [2.45, 2.75) is 18.9 Å². The van der Waals surface area contributed by atoms with Gasteiger partial charge < -0.3 is 4.90 Å². The number of fused-ring (bicyclic) bond motifs is 1. The minimum atomic E-state index is -0.230. The molecule has 3 heteroatoms. The number of nitrogens with zero attached hydrogens (tertiary/aromatic N) is 1. The second kappa shape index (κ2) is 4.41. The number of rotatable bonds is 1. The molecule has 0 aromatic heterocycles. The largest absolute Gasteiger partial charge is 0.331 e. The third-order valence-corrected chi connectivity index (χ3v) is 3.56. The summed E-state index contributed by atoms with van der Waals surface area (Å²) < 4.78 is 13.0. The Balaban J connectivity index is 1.98. The van der Waals surface area contributed by atoms with Gasteiger partial charge in [0.2, 0.25) is 5.91 Å². The number of benzene rings is 1. The van der Waals surface area contributed by atoms with Gasteiger partial charge in [0.15, 0.2) is 0 Å².